The normalized spacial score (nSPS) is 15.0. The molecule has 2 amide bonds. The molecule has 6 heteroatoms. The summed E-state index contributed by atoms with van der Waals surface area (Å²) in [4.78, 5) is 16.9. The summed E-state index contributed by atoms with van der Waals surface area (Å²) in [5.74, 6) is 1.56. The monoisotopic (exact) mass is 368 g/mol. The molecule has 2 N–H and O–H groups in total. The maximum Gasteiger partial charge on any atom is 0.315 e. The highest BCUT2D eigenvalue weighted by molar-refractivity contribution is 5.74. The number of rotatable bonds is 7. The SMILES string of the molecule is COc1ccc(C(NC(=O)NCCC2=CCCCC2)c2nccn2C)cc1. The Kier molecular flexibility index (Phi) is 6.52. The van der Waals surface area contributed by atoms with Crippen molar-refractivity contribution in [3.63, 3.8) is 0 Å². The van der Waals surface area contributed by atoms with Gasteiger partial charge in [0.15, 0.2) is 0 Å². The number of benzene rings is 1. The molecule has 0 saturated heterocycles. The van der Waals surface area contributed by atoms with Gasteiger partial charge in [0.1, 0.15) is 17.6 Å². The molecule has 0 bridgehead atoms. The zero-order valence-electron chi connectivity index (χ0n) is 16.1. The number of aromatic nitrogens is 2. The Bertz CT molecular complexity index is 780. The molecule has 0 fully saturated rings. The molecule has 1 aromatic carbocycles. The Balaban J connectivity index is 1.64. The minimum atomic E-state index is -0.329. The molecule has 2 aromatic rings. The summed E-state index contributed by atoms with van der Waals surface area (Å²) in [6, 6.07) is 7.16. The Hall–Kier alpha value is -2.76. The molecule has 3 rings (SSSR count). The molecule has 1 aliphatic carbocycles. The number of nitrogens with zero attached hydrogens (tertiary/aromatic N) is 2. The van der Waals surface area contributed by atoms with Gasteiger partial charge in [0, 0.05) is 26.0 Å². The van der Waals surface area contributed by atoms with E-state index < -0.39 is 0 Å². The van der Waals surface area contributed by atoms with Crippen molar-refractivity contribution in [2.24, 2.45) is 7.05 Å². The maximum absolute atomic E-state index is 12.5. The van der Waals surface area contributed by atoms with Gasteiger partial charge < -0.3 is 19.9 Å². The predicted molar refractivity (Wildman–Crippen MR) is 106 cm³/mol. The van der Waals surface area contributed by atoms with Gasteiger partial charge in [-0.2, -0.15) is 0 Å². The molecule has 27 heavy (non-hydrogen) atoms. The van der Waals surface area contributed by atoms with E-state index in [1.165, 1.54) is 24.8 Å². The number of ether oxygens (including phenoxy) is 1. The summed E-state index contributed by atoms with van der Waals surface area (Å²) in [5.41, 5.74) is 2.41. The highest BCUT2D eigenvalue weighted by Gasteiger charge is 2.20. The first kappa shape index (κ1) is 19.0. The van der Waals surface area contributed by atoms with E-state index in [4.69, 9.17) is 4.74 Å². The van der Waals surface area contributed by atoms with Gasteiger partial charge in [0.05, 0.1) is 7.11 Å². The lowest BCUT2D eigenvalue weighted by Gasteiger charge is -2.20. The standard InChI is InChI=1S/C21H28N4O2/c1-25-15-14-22-20(25)19(17-8-10-18(27-2)11-9-17)24-21(26)23-13-12-16-6-4-3-5-7-16/h6,8-11,14-15,19H,3-5,7,12-13H2,1-2H3,(H2,23,24,26). The molecular weight excluding hydrogens is 340 g/mol. The summed E-state index contributed by atoms with van der Waals surface area (Å²) in [6.45, 7) is 0.646. The second-order valence-corrected chi connectivity index (χ2v) is 6.86. The molecule has 0 radical (unpaired) electrons. The molecule has 6 nitrogen and oxygen atoms in total. The van der Waals surface area contributed by atoms with Crippen molar-refractivity contribution in [2.75, 3.05) is 13.7 Å². The number of methoxy groups -OCH3 is 1. The number of carbonyl (C=O) groups is 1. The molecule has 0 spiro atoms. The number of allylic oxidation sites excluding steroid dienone is 1. The zero-order chi connectivity index (χ0) is 19.1. The first-order valence-corrected chi connectivity index (χ1v) is 9.51. The zero-order valence-corrected chi connectivity index (χ0v) is 16.1. The van der Waals surface area contributed by atoms with Crippen LogP contribution >= 0.6 is 0 Å². The van der Waals surface area contributed by atoms with Crippen LogP contribution in [0, 0.1) is 0 Å². The molecule has 1 heterocycles. The first-order chi connectivity index (χ1) is 13.2. The molecule has 144 valence electrons. The van der Waals surface area contributed by atoms with Crippen LogP contribution in [0.1, 0.15) is 49.5 Å². The van der Waals surface area contributed by atoms with Crippen LogP contribution in [0.3, 0.4) is 0 Å². The largest absolute Gasteiger partial charge is 0.497 e. The summed E-state index contributed by atoms with van der Waals surface area (Å²) in [5, 5.41) is 6.04. The molecule has 1 aromatic heterocycles. The number of hydrogen-bond acceptors (Lipinski definition) is 3. The van der Waals surface area contributed by atoms with Gasteiger partial charge in [-0.25, -0.2) is 9.78 Å². The van der Waals surface area contributed by atoms with E-state index in [1.807, 2.05) is 42.1 Å². The van der Waals surface area contributed by atoms with E-state index in [2.05, 4.69) is 21.7 Å². The third-order valence-electron chi connectivity index (χ3n) is 4.96. The lowest BCUT2D eigenvalue weighted by Crippen LogP contribution is -2.39. The smallest absolute Gasteiger partial charge is 0.315 e. The van der Waals surface area contributed by atoms with Crippen molar-refractivity contribution in [3.05, 3.63) is 59.7 Å². The van der Waals surface area contributed by atoms with E-state index in [1.54, 1.807) is 13.3 Å². The second kappa shape index (κ2) is 9.26. The Labute approximate surface area is 160 Å². The van der Waals surface area contributed by atoms with Crippen LogP contribution in [0.15, 0.2) is 48.3 Å². The fourth-order valence-corrected chi connectivity index (χ4v) is 3.40. The predicted octanol–water partition coefficient (Wildman–Crippen LogP) is 3.71. The molecule has 1 unspecified atom stereocenters. The van der Waals surface area contributed by atoms with Crippen molar-refractivity contribution in [1.29, 1.82) is 0 Å². The number of nitrogens with one attached hydrogen (secondary N) is 2. The van der Waals surface area contributed by atoms with E-state index in [0.29, 0.717) is 6.54 Å². The second-order valence-electron chi connectivity index (χ2n) is 6.86. The number of urea groups is 1. The van der Waals surface area contributed by atoms with Gasteiger partial charge in [-0.3, -0.25) is 0 Å². The third-order valence-corrected chi connectivity index (χ3v) is 4.96. The highest BCUT2D eigenvalue weighted by atomic mass is 16.5. The fraction of sp³-hybridized carbons (Fsp3) is 0.429. The Morgan fingerprint density at radius 1 is 1.30 bits per heavy atom. The summed E-state index contributed by atoms with van der Waals surface area (Å²) in [7, 11) is 3.56. The van der Waals surface area contributed by atoms with Crippen LogP contribution in [0.5, 0.6) is 5.75 Å². The molecule has 0 aliphatic heterocycles. The highest BCUT2D eigenvalue weighted by Crippen LogP contribution is 2.23. The van der Waals surface area contributed by atoms with Crippen LogP contribution in [0.2, 0.25) is 0 Å². The maximum atomic E-state index is 12.5. The van der Waals surface area contributed by atoms with Crippen LogP contribution in [0.4, 0.5) is 4.79 Å². The fourth-order valence-electron chi connectivity index (χ4n) is 3.40. The minimum Gasteiger partial charge on any atom is -0.497 e. The summed E-state index contributed by atoms with van der Waals surface area (Å²) in [6.07, 6.45) is 11.7. The van der Waals surface area contributed by atoms with Crippen LogP contribution < -0.4 is 15.4 Å². The van der Waals surface area contributed by atoms with Crippen molar-refractivity contribution in [2.45, 2.75) is 38.1 Å². The van der Waals surface area contributed by atoms with Crippen LogP contribution in [-0.2, 0) is 7.05 Å². The molecule has 1 aliphatic rings. The van der Waals surface area contributed by atoms with E-state index in [0.717, 1.165) is 30.0 Å². The van der Waals surface area contributed by atoms with E-state index in [-0.39, 0.29) is 12.1 Å². The van der Waals surface area contributed by atoms with Gasteiger partial charge in [0.25, 0.3) is 0 Å². The number of hydrogen-bond donors (Lipinski definition) is 2. The molecule has 0 saturated carbocycles. The number of aryl methyl sites for hydroxylation is 1. The van der Waals surface area contributed by atoms with Crippen LogP contribution in [0.25, 0.3) is 0 Å². The number of carbonyl (C=O) groups excluding carboxylic acids is 1. The Morgan fingerprint density at radius 3 is 2.74 bits per heavy atom. The van der Waals surface area contributed by atoms with Gasteiger partial charge in [0.2, 0.25) is 0 Å². The third kappa shape index (κ3) is 5.12. The van der Waals surface area contributed by atoms with E-state index in [9.17, 15) is 4.79 Å². The van der Waals surface area contributed by atoms with Gasteiger partial charge >= 0.3 is 6.03 Å². The summed E-state index contributed by atoms with van der Waals surface area (Å²) < 4.78 is 7.15. The average Bonchev–Trinajstić information content (AvgIpc) is 3.13. The lowest BCUT2D eigenvalue weighted by molar-refractivity contribution is 0.238. The number of amides is 2. The van der Waals surface area contributed by atoms with Crippen molar-refractivity contribution >= 4 is 6.03 Å². The quantitative estimate of drug-likeness (QED) is 0.732. The van der Waals surface area contributed by atoms with Crippen molar-refractivity contribution in [1.82, 2.24) is 20.2 Å². The topological polar surface area (TPSA) is 68.2 Å². The van der Waals surface area contributed by atoms with E-state index >= 15 is 0 Å². The first-order valence-electron chi connectivity index (χ1n) is 9.51. The van der Waals surface area contributed by atoms with Gasteiger partial charge in [-0.05, 0) is 49.8 Å². The summed E-state index contributed by atoms with van der Waals surface area (Å²) >= 11 is 0. The number of imidazole rings is 1. The van der Waals surface area contributed by atoms with Gasteiger partial charge in [-0.1, -0.05) is 23.8 Å². The molecule has 1 atom stereocenters. The van der Waals surface area contributed by atoms with Crippen molar-refractivity contribution in [3.8, 4) is 5.75 Å². The van der Waals surface area contributed by atoms with Gasteiger partial charge in [-0.15, -0.1) is 0 Å². The molecular formula is C21H28N4O2. The lowest BCUT2D eigenvalue weighted by atomic mass is 9.97. The minimum absolute atomic E-state index is 0.185. The average molecular weight is 368 g/mol. The van der Waals surface area contributed by atoms with Crippen molar-refractivity contribution < 1.29 is 9.53 Å². The Morgan fingerprint density at radius 2 is 2.11 bits per heavy atom. The van der Waals surface area contributed by atoms with Crippen LogP contribution in [-0.4, -0.2) is 29.2 Å².